The number of thiazole rings is 1. The van der Waals surface area contributed by atoms with Crippen LogP contribution in [0.4, 0.5) is 5.13 Å². The standard InChI is InChI=1S/C12H12ClN3OS/c1-7-2-3-8(13)11-10(7)15-12(18-11)16-5-4-14-9(17)6-16/h2-3H,4-6H2,1H3,(H,14,17). The molecule has 1 aromatic heterocycles. The van der Waals surface area contributed by atoms with Crippen LogP contribution >= 0.6 is 22.9 Å². The van der Waals surface area contributed by atoms with Crippen molar-refractivity contribution in [3.63, 3.8) is 0 Å². The summed E-state index contributed by atoms with van der Waals surface area (Å²) in [5.41, 5.74) is 2.05. The molecule has 4 nitrogen and oxygen atoms in total. The van der Waals surface area contributed by atoms with Gasteiger partial charge in [0.25, 0.3) is 0 Å². The Labute approximate surface area is 114 Å². The molecule has 2 aromatic rings. The van der Waals surface area contributed by atoms with Crippen LogP contribution in [-0.2, 0) is 4.79 Å². The molecule has 18 heavy (non-hydrogen) atoms. The number of aryl methyl sites for hydroxylation is 1. The molecule has 1 fully saturated rings. The molecule has 1 aliphatic heterocycles. The van der Waals surface area contributed by atoms with E-state index in [9.17, 15) is 4.79 Å². The van der Waals surface area contributed by atoms with E-state index in [-0.39, 0.29) is 5.91 Å². The largest absolute Gasteiger partial charge is 0.353 e. The monoisotopic (exact) mass is 281 g/mol. The number of anilines is 1. The Morgan fingerprint density at radius 2 is 2.33 bits per heavy atom. The number of nitrogens with one attached hydrogen (secondary N) is 1. The zero-order chi connectivity index (χ0) is 12.7. The van der Waals surface area contributed by atoms with Gasteiger partial charge >= 0.3 is 0 Å². The van der Waals surface area contributed by atoms with E-state index in [0.717, 1.165) is 32.5 Å². The Hall–Kier alpha value is -1.33. The first-order valence-corrected chi connectivity index (χ1v) is 6.92. The van der Waals surface area contributed by atoms with Crippen molar-refractivity contribution in [1.82, 2.24) is 10.3 Å². The second kappa shape index (κ2) is 4.40. The zero-order valence-corrected chi connectivity index (χ0v) is 11.4. The number of carbonyl (C=O) groups excluding carboxylic acids is 1. The van der Waals surface area contributed by atoms with Gasteiger partial charge in [0.05, 0.1) is 21.8 Å². The third-order valence-electron chi connectivity index (χ3n) is 2.99. The second-order valence-corrected chi connectivity index (χ2v) is 5.69. The highest BCUT2D eigenvalue weighted by Gasteiger charge is 2.20. The number of hydrogen-bond acceptors (Lipinski definition) is 4. The van der Waals surface area contributed by atoms with E-state index in [0.29, 0.717) is 13.1 Å². The quantitative estimate of drug-likeness (QED) is 0.872. The van der Waals surface area contributed by atoms with Gasteiger partial charge in [-0.2, -0.15) is 0 Å². The van der Waals surface area contributed by atoms with Crippen molar-refractivity contribution < 1.29 is 4.79 Å². The number of halogens is 1. The smallest absolute Gasteiger partial charge is 0.239 e. The molecule has 1 saturated heterocycles. The summed E-state index contributed by atoms with van der Waals surface area (Å²) in [5.74, 6) is 0.0447. The van der Waals surface area contributed by atoms with Gasteiger partial charge in [0.1, 0.15) is 0 Å². The molecule has 94 valence electrons. The lowest BCUT2D eigenvalue weighted by molar-refractivity contribution is -0.120. The molecule has 0 unspecified atom stereocenters. The summed E-state index contributed by atoms with van der Waals surface area (Å²) >= 11 is 7.73. The zero-order valence-electron chi connectivity index (χ0n) is 9.86. The molecule has 3 rings (SSSR count). The molecule has 0 radical (unpaired) electrons. The third kappa shape index (κ3) is 1.93. The molecule has 1 aromatic carbocycles. The average molecular weight is 282 g/mol. The maximum Gasteiger partial charge on any atom is 0.239 e. The molecule has 0 aliphatic carbocycles. The van der Waals surface area contributed by atoms with Gasteiger partial charge in [-0.05, 0) is 18.6 Å². The van der Waals surface area contributed by atoms with Crippen LogP contribution in [0.3, 0.4) is 0 Å². The van der Waals surface area contributed by atoms with E-state index in [1.807, 2.05) is 24.0 Å². The van der Waals surface area contributed by atoms with E-state index in [1.54, 1.807) is 11.3 Å². The molecule has 1 aliphatic rings. The van der Waals surface area contributed by atoms with Crippen LogP contribution in [0.5, 0.6) is 0 Å². The first-order valence-electron chi connectivity index (χ1n) is 5.72. The normalized spacial score (nSPS) is 16.1. The molecule has 0 saturated carbocycles. The van der Waals surface area contributed by atoms with E-state index in [1.165, 1.54) is 0 Å². The minimum absolute atomic E-state index is 0.0447. The van der Waals surface area contributed by atoms with E-state index in [2.05, 4.69) is 10.3 Å². The van der Waals surface area contributed by atoms with Crippen LogP contribution in [-0.4, -0.2) is 30.5 Å². The van der Waals surface area contributed by atoms with E-state index >= 15 is 0 Å². The Balaban J connectivity index is 2.05. The van der Waals surface area contributed by atoms with Crippen LogP contribution in [0.25, 0.3) is 10.2 Å². The number of carbonyl (C=O) groups is 1. The van der Waals surface area contributed by atoms with Crippen LogP contribution in [0.15, 0.2) is 12.1 Å². The molecule has 1 N–H and O–H groups in total. The Kier molecular flexibility index (Phi) is 2.87. The predicted molar refractivity (Wildman–Crippen MR) is 74.6 cm³/mol. The lowest BCUT2D eigenvalue weighted by atomic mass is 10.2. The minimum Gasteiger partial charge on any atom is -0.353 e. The number of fused-ring (bicyclic) bond motifs is 1. The summed E-state index contributed by atoms with van der Waals surface area (Å²) in [6.07, 6.45) is 0. The van der Waals surface area contributed by atoms with Crippen molar-refractivity contribution in [3.05, 3.63) is 22.7 Å². The summed E-state index contributed by atoms with van der Waals surface area (Å²) in [6, 6.07) is 3.86. The maximum absolute atomic E-state index is 11.4. The summed E-state index contributed by atoms with van der Waals surface area (Å²) in [5, 5.41) is 4.40. The minimum atomic E-state index is 0.0447. The molecular weight excluding hydrogens is 270 g/mol. The van der Waals surface area contributed by atoms with Crippen LogP contribution in [0, 0.1) is 6.92 Å². The van der Waals surface area contributed by atoms with Gasteiger partial charge in [0, 0.05) is 13.1 Å². The van der Waals surface area contributed by atoms with Crippen molar-refractivity contribution in [3.8, 4) is 0 Å². The fourth-order valence-corrected chi connectivity index (χ4v) is 3.37. The van der Waals surface area contributed by atoms with E-state index in [4.69, 9.17) is 11.6 Å². The first-order chi connectivity index (χ1) is 8.65. The fraction of sp³-hybridized carbons (Fsp3) is 0.333. The SMILES string of the molecule is Cc1ccc(Cl)c2sc(N3CCNC(=O)C3)nc12. The molecule has 1 amide bonds. The molecule has 0 atom stereocenters. The Bertz CT molecular complexity index is 586. The number of benzene rings is 1. The fourth-order valence-electron chi connectivity index (χ4n) is 2.03. The molecule has 2 heterocycles. The Morgan fingerprint density at radius 3 is 3.06 bits per heavy atom. The van der Waals surface area contributed by atoms with Gasteiger partial charge in [-0.15, -0.1) is 0 Å². The van der Waals surface area contributed by atoms with Crippen LogP contribution < -0.4 is 10.2 Å². The van der Waals surface area contributed by atoms with Crippen molar-refractivity contribution in [2.75, 3.05) is 24.5 Å². The van der Waals surface area contributed by atoms with Crippen molar-refractivity contribution in [2.45, 2.75) is 6.92 Å². The summed E-state index contributed by atoms with van der Waals surface area (Å²) < 4.78 is 0.998. The van der Waals surface area contributed by atoms with Gasteiger partial charge in [0.2, 0.25) is 5.91 Å². The van der Waals surface area contributed by atoms with Gasteiger partial charge in [-0.25, -0.2) is 4.98 Å². The van der Waals surface area contributed by atoms with Gasteiger partial charge in [-0.3, -0.25) is 4.79 Å². The summed E-state index contributed by atoms with van der Waals surface area (Å²) in [4.78, 5) is 18.0. The van der Waals surface area contributed by atoms with Gasteiger partial charge in [-0.1, -0.05) is 29.0 Å². The number of rotatable bonds is 1. The van der Waals surface area contributed by atoms with Crippen LogP contribution in [0.1, 0.15) is 5.56 Å². The molecule has 0 spiro atoms. The number of nitrogens with zero attached hydrogens (tertiary/aromatic N) is 2. The van der Waals surface area contributed by atoms with Crippen molar-refractivity contribution in [2.24, 2.45) is 0 Å². The third-order valence-corrected chi connectivity index (χ3v) is 4.57. The van der Waals surface area contributed by atoms with Crippen LogP contribution in [0.2, 0.25) is 5.02 Å². The summed E-state index contributed by atoms with van der Waals surface area (Å²) in [6.45, 7) is 3.85. The second-order valence-electron chi connectivity index (χ2n) is 4.31. The number of amides is 1. The molecule has 6 heteroatoms. The summed E-state index contributed by atoms with van der Waals surface area (Å²) in [7, 11) is 0. The number of hydrogen-bond donors (Lipinski definition) is 1. The number of aromatic nitrogens is 1. The predicted octanol–water partition coefficient (Wildman–Crippen LogP) is 2.19. The topological polar surface area (TPSA) is 45.2 Å². The van der Waals surface area contributed by atoms with Crippen molar-refractivity contribution >= 4 is 44.2 Å². The molecular formula is C12H12ClN3OS. The lowest BCUT2D eigenvalue weighted by Crippen LogP contribution is -2.47. The first kappa shape index (κ1) is 11.7. The highest BCUT2D eigenvalue weighted by molar-refractivity contribution is 7.22. The van der Waals surface area contributed by atoms with Crippen molar-refractivity contribution in [1.29, 1.82) is 0 Å². The maximum atomic E-state index is 11.4. The molecule has 0 bridgehead atoms. The van der Waals surface area contributed by atoms with Gasteiger partial charge < -0.3 is 10.2 Å². The highest BCUT2D eigenvalue weighted by Crippen LogP contribution is 2.35. The van der Waals surface area contributed by atoms with E-state index < -0.39 is 0 Å². The number of piperazine rings is 1. The Morgan fingerprint density at radius 1 is 1.50 bits per heavy atom. The lowest BCUT2D eigenvalue weighted by Gasteiger charge is -2.25. The highest BCUT2D eigenvalue weighted by atomic mass is 35.5. The average Bonchev–Trinajstić information content (AvgIpc) is 2.80. The van der Waals surface area contributed by atoms with Gasteiger partial charge in [0.15, 0.2) is 5.13 Å².